The van der Waals surface area contributed by atoms with E-state index < -0.39 is 0 Å². The third kappa shape index (κ3) is 3.71. The van der Waals surface area contributed by atoms with Crippen molar-refractivity contribution in [3.63, 3.8) is 0 Å². The van der Waals surface area contributed by atoms with Gasteiger partial charge in [0.2, 0.25) is 10.9 Å². The fourth-order valence-electron chi connectivity index (χ4n) is 6.35. The summed E-state index contributed by atoms with van der Waals surface area (Å²) in [5.74, 6) is 0. The molecule has 0 atom stereocenters. The number of hydrogen-bond donors (Lipinski definition) is 0. The van der Waals surface area contributed by atoms with E-state index >= 15 is 0 Å². The Balaban J connectivity index is 1.24. The summed E-state index contributed by atoms with van der Waals surface area (Å²) in [6, 6.07) is 43.5. The number of fused-ring (bicyclic) bond motifs is 7. The highest BCUT2D eigenvalue weighted by molar-refractivity contribution is 6.08. The first-order valence-corrected chi connectivity index (χ1v) is 14.5. The second-order valence-corrected chi connectivity index (χ2v) is 11.2. The van der Waals surface area contributed by atoms with Crippen molar-refractivity contribution in [3.8, 4) is 22.3 Å². The molecule has 0 bridgehead atoms. The van der Waals surface area contributed by atoms with E-state index in [-0.39, 0.29) is 21.8 Å². The molecule has 0 fully saturated rings. The summed E-state index contributed by atoms with van der Waals surface area (Å²) < 4.78 is 12.5. The maximum absolute atomic E-state index is 14.1. The van der Waals surface area contributed by atoms with Crippen LogP contribution in [0, 0.1) is 0 Å². The molecule has 0 aliphatic rings. The molecule has 9 rings (SSSR count). The van der Waals surface area contributed by atoms with Crippen molar-refractivity contribution in [2.45, 2.75) is 0 Å². The van der Waals surface area contributed by atoms with Crippen LogP contribution in [0.3, 0.4) is 0 Å². The monoisotopic (exact) mass is 566 g/mol. The Morgan fingerprint density at radius 2 is 0.841 bits per heavy atom. The average molecular weight is 567 g/mol. The Kier molecular flexibility index (Phi) is 5.17. The van der Waals surface area contributed by atoms with Crippen molar-refractivity contribution in [2.24, 2.45) is 0 Å². The summed E-state index contributed by atoms with van der Waals surface area (Å²) in [4.78, 5) is 27.9. The predicted octanol–water partition coefficient (Wildman–Crippen LogP) is 9.85. The molecule has 0 N–H and O–H groups in total. The Hall–Kier alpha value is -6.00. The molecule has 0 aliphatic heterocycles. The molecular weight excluding hydrogens is 544 g/mol. The van der Waals surface area contributed by atoms with E-state index in [9.17, 15) is 9.59 Å². The lowest BCUT2D eigenvalue weighted by Gasteiger charge is -2.09. The van der Waals surface area contributed by atoms with Crippen LogP contribution in [0.5, 0.6) is 0 Å². The van der Waals surface area contributed by atoms with Gasteiger partial charge < -0.3 is 8.83 Å². The Bertz CT molecular complexity index is 2770. The third-order valence-electron chi connectivity index (χ3n) is 8.64. The highest BCUT2D eigenvalue weighted by Gasteiger charge is 2.17. The molecule has 44 heavy (non-hydrogen) atoms. The molecule has 0 amide bonds. The van der Waals surface area contributed by atoms with Crippen LogP contribution in [0.25, 0.3) is 87.7 Å². The lowest BCUT2D eigenvalue weighted by molar-refractivity contribution is 0.649. The Morgan fingerprint density at radius 3 is 1.45 bits per heavy atom. The van der Waals surface area contributed by atoms with E-state index in [1.54, 1.807) is 18.2 Å². The minimum Gasteiger partial charge on any atom is -0.456 e. The van der Waals surface area contributed by atoms with Crippen molar-refractivity contribution in [2.75, 3.05) is 0 Å². The van der Waals surface area contributed by atoms with Crippen molar-refractivity contribution in [1.82, 2.24) is 0 Å². The smallest absolute Gasteiger partial charge is 0.204 e. The van der Waals surface area contributed by atoms with Crippen LogP contribution in [0.4, 0.5) is 0 Å². The van der Waals surface area contributed by atoms with Crippen molar-refractivity contribution >= 4 is 65.4 Å². The lowest BCUT2D eigenvalue weighted by Crippen LogP contribution is -2.07. The van der Waals surface area contributed by atoms with Gasteiger partial charge in [-0.1, -0.05) is 84.9 Å². The van der Waals surface area contributed by atoms with Crippen LogP contribution in [0.1, 0.15) is 0 Å². The topological polar surface area (TPSA) is 60.4 Å². The van der Waals surface area contributed by atoms with E-state index in [0.29, 0.717) is 32.9 Å². The molecule has 2 aromatic heterocycles. The minimum atomic E-state index is -0.232. The van der Waals surface area contributed by atoms with Gasteiger partial charge in [-0.15, -0.1) is 0 Å². The summed E-state index contributed by atoms with van der Waals surface area (Å²) in [7, 11) is 0. The van der Waals surface area contributed by atoms with Crippen LogP contribution in [-0.2, 0) is 0 Å². The molecule has 4 heteroatoms. The number of rotatable bonds is 2. The maximum atomic E-state index is 14.1. The van der Waals surface area contributed by atoms with Crippen LogP contribution in [0.15, 0.2) is 152 Å². The SMILES string of the molecule is O=c1c2cc(-c3ccc4ccccc4c3)ccc2oc2c1ccc1oc3ccc(-c4ccc5ccccc5c4)cc3c(=O)c12. The molecular formula is C40H22O4. The van der Waals surface area contributed by atoms with Gasteiger partial charge in [0.15, 0.2) is 5.58 Å². The van der Waals surface area contributed by atoms with Gasteiger partial charge in [0.05, 0.1) is 16.2 Å². The highest BCUT2D eigenvalue weighted by atomic mass is 16.3. The second kappa shape index (κ2) is 9.25. The van der Waals surface area contributed by atoms with Gasteiger partial charge in [0, 0.05) is 0 Å². The van der Waals surface area contributed by atoms with Crippen LogP contribution in [0.2, 0.25) is 0 Å². The first-order chi connectivity index (χ1) is 21.6. The van der Waals surface area contributed by atoms with E-state index in [1.807, 2.05) is 54.6 Å². The zero-order valence-electron chi connectivity index (χ0n) is 23.3. The standard InChI is InChI=1S/C40H22O4/c41-38-31-15-18-36-37(39(42)33-22-30(13-16-34(33)43-36)28-12-10-24-6-2-4-8-26(24)20-28)40(31)44-35-17-14-29(21-32(35)38)27-11-9-23-5-1-3-7-25(23)19-27/h1-22H. The summed E-state index contributed by atoms with van der Waals surface area (Å²) >= 11 is 0. The summed E-state index contributed by atoms with van der Waals surface area (Å²) in [6.07, 6.45) is 0. The fraction of sp³-hybridized carbons (Fsp3) is 0. The molecule has 0 saturated heterocycles. The van der Waals surface area contributed by atoms with Gasteiger partial charge >= 0.3 is 0 Å². The van der Waals surface area contributed by atoms with Gasteiger partial charge in [-0.25, -0.2) is 0 Å². The molecule has 206 valence electrons. The van der Waals surface area contributed by atoms with E-state index in [4.69, 9.17) is 8.83 Å². The van der Waals surface area contributed by atoms with Crippen molar-refractivity contribution in [3.05, 3.63) is 154 Å². The van der Waals surface area contributed by atoms with Gasteiger partial charge in [-0.2, -0.15) is 0 Å². The largest absolute Gasteiger partial charge is 0.456 e. The third-order valence-corrected chi connectivity index (χ3v) is 8.64. The average Bonchev–Trinajstić information content (AvgIpc) is 3.07. The van der Waals surface area contributed by atoms with E-state index in [0.717, 1.165) is 43.8 Å². The van der Waals surface area contributed by atoms with Crippen molar-refractivity contribution < 1.29 is 8.83 Å². The molecule has 7 aromatic carbocycles. The summed E-state index contributed by atoms with van der Waals surface area (Å²) in [5, 5.41) is 6.08. The maximum Gasteiger partial charge on any atom is 0.204 e. The molecule has 0 radical (unpaired) electrons. The molecule has 9 aromatic rings. The normalized spacial score (nSPS) is 11.8. The Morgan fingerprint density at radius 1 is 0.364 bits per heavy atom. The summed E-state index contributed by atoms with van der Waals surface area (Å²) in [6.45, 7) is 0. The lowest BCUT2D eigenvalue weighted by atomic mass is 9.98. The Labute approximate surface area is 250 Å². The van der Waals surface area contributed by atoms with Gasteiger partial charge in [0.25, 0.3) is 0 Å². The predicted molar refractivity (Wildman–Crippen MR) is 179 cm³/mol. The molecule has 0 spiro atoms. The van der Waals surface area contributed by atoms with Gasteiger partial charge in [-0.3, -0.25) is 9.59 Å². The number of benzene rings is 7. The molecule has 0 aliphatic carbocycles. The number of hydrogen-bond acceptors (Lipinski definition) is 4. The molecule has 4 nitrogen and oxygen atoms in total. The molecule has 0 saturated carbocycles. The summed E-state index contributed by atoms with van der Waals surface area (Å²) in [5.41, 5.74) is 4.94. The molecule has 0 unspecified atom stereocenters. The first-order valence-electron chi connectivity index (χ1n) is 14.5. The fourth-order valence-corrected chi connectivity index (χ4v) is 6.35. The van der Waals surface area contributed by atoms with Crippen LogP contribution >= 0.6 is 0 Å². The van der Waals surface area contributed by atoms with E-state index in [2.05, 4.69) is 60.7 Å². The van der Waals surface area contributed by atoms with Gasteiger partial charge in [-0.05, 0) is 92.3 Å². The quantitative estimate of drug-likeness (QED) is 0.154. The zero-order chi connectivity index (χ0) is 29.4. The van der Waals surface area contributed by atoms with Crippen LogP contribution < -0.4 is 10.9 Å². The van der Waals surface area contributed by atoms with Gasteiger partial charge in [0.1, 0.15) is 22.1 Å². The van der Waals surface area contributed by atoms with Crippen molar-refractivity contribution in [1.29, 1.82) is 0 Å². The molecule has 2 heterocycles. The van der Waals surface area contributed by atoms with Crippen LogP contribution in [-0.4, -0.2) is 0 Å². The minimum absolute atomic E-state index is 0.185. The van der Waals surface area contributed by atoms with E-state index in [1.165, 1.54) is 0 Å². The first kappa shape index (κ1) is 24.6. The highest BCUT2D eigenvalue weighted by Crippen LogP contribution is 2.32. The second-order valence-electron chi connectivity index (χ2n) is 11.2. The zero-order valence-corrected chi connectivity index (χ0v) is 23.3.